The van der Waals surface area contributed by atoms with Gasteiger partial charge >= 0.3 is 11.9 Å². The lowest BCUT2D eigenvalue weighted by molar-refractivity contribution is -0.150. The van der Waals surface area contributed by atoms with Gasteiger partial charge in [-0.05, 0) is 95.2 Å². The van der Waals surface area contributed by atoms with Crippen LogP contribution >= 0.6 is 23.2 Å². The summed E-state index contributed by atoms with van der Waals surface area (Å²) in [7, 11) is 3.71. The minimum Gasteiger partial charge on any atom is -0.481 e. The average molecular weight is 886 g/mol. The van der Waals surface area contributed by atoms with Gasteiger partial charge in [0.05, 0.1) is 43.6 Å². The van der Waals surface area contributed by atoms with Crippen LogP contribution in [0.5, 0.6) is 0 Å². The summed E-state index contributed by atoms with van der Waals surface area (Å²) in [6.45, 7) is 5.63. The maximum atomic E-state index is 13.8. The molecule has 0 radical (unpaired) electrons. The van der Waals surface area contributed by atoms with Crippen molar-refractivity contribution in [1.29, 1.82) is 0 Å². The molecule has 2 aromatic heterocycles. The Morgan fingerprint density at radius 3 is 1.79 bits per heavy atom. The van der Waals surface area contributed by atoms with Gasteiger partial charge in [0.1, 0.15) is 0 Å². The summed E-state index contributed by atoms with van der Waals surface area (Å²) in [5.74, 6) is -1.58. The van der Waals surface area contributed by atoms with Gasteiger partial charge in [0.15, 0.2) is 11.6 Å². The molecule has 0 unspecified atom stereocenters. The SMILES string of the molecule is Cn1c(C(=O)Nc2cccc(-c3cccc(NC(=O)c4nc5c(n4C)CCN([C@H]4CC[C@](C)(C(=O)O)CC4)C5)c3Cl)c2Cl)nc2c1CCN(CCC13CCC(C(=O)O)(CC1)C3)C2. The van der Waals surface area contributed by atoms with Crippen LogP contribution in [0.25, 0.3) is 11.1 Å². The Kier molecular flexibility index (Phi) is 11.0. The number of imidazole rings is 2. The number of carboxylic acid groups (broad SMARTS) is 2. The zero-order valence-corrected chi connectivity index (χ0v) is 37.0. The molecule has 3 saturated carbocycles. The molecule has 2 aromatic carbocycles. The number of hydrogen-bond donors (Lipinski definition) is 4. The Labute approximate surface area is 371 Å². The van der Waals surface area contributed by atoms with Crippen LogP contribution in [0, 0.1) is 16.2 Å². The third-order valence-electron chi connectivity index (χ3n) is 15.3. The van der Waals surface area contributed by atoms with E-state index in [4.69, 9.17) is 33.2 Å². The largest absolute Gasteiger partial charge is 0.481 e. The lowest BCUT2D eigenvalue weighted by Gasteiger charge is -2.41. The summed E-state index contributed by atoms with van der Waals surface area (Å²) in [5, 5.41) is 26.0. The molecule has 16 heteroatoms. The molecule has 0 spiro atoms. The number of halogens is 2. The van der Waals surface area contributed by atoms with Crippen LogP contribution < -0.4 is 10.6 Å². The van der Waals surface area contributed by atoms with Crippen molar-refractivity contribution in [2.45, 2.75) is 103 Å². The van der Waals surface area contributed by atoms with Gasteiger partial charge in [0.25, 0.3) is 11.8 Å². The van der Waals surface area contributed by atoms with Gasteiger partial charge in [0.2, 0.25) is 0 Å². The molecule has 2 amide bonds. The highest BCUT2D eigenvalue weighted by Crippen LogP contribution is 2.63. The van der Waals surface area contributed by atoms with Crippen LogP contribution in [0.4, 0.5) is 11.4 Å². The highest BCUT2D eigenvalue weighted by atomic mass is 35.5. The molecule has 14 nitrogen and oxygen atoms in total. The average Bonchev–Trinajstić information content (AvgIpc) is 4.02. The third kappa shape index (κ3) is 7.50. The van der Waals surface area contributed by atoms with Crippen molar-refractivity contribution < 1.29 is 29.4 Å². The standard InChI is InChI=1S/C46H54Cl2N8O6/c1-44(42(59)60)14-10-27(11-15-44)56-22-13-35-33(25-56)50-39(54(35)3)41(58)52-31-9-5-7-29(37(31)48)28-6-4-8-30(36(28)47)51-40(57)38-49-32-24-55(21-12-34(32)53(38)2)23-20-45-16-18-46(26-45,19-17-45)43(61)62/h4-9,27H,10-26H2,1-3H3,(H,51,57)(H,52,58)(H,59,60)(H,61,62)/t27-,44-,45?,46?. The van der Waals surface area contributed by atoms with Gasteiger partial charge in [-0.3, -0.25) is 29.0 Å². The molecule has 5 aliphatic rings. The normalized spacial score (nSPS) is 25.9. The molecule has 2 bridgehead atoms. The second-order valence-electron chi connectivity index (χ2n) is 18.9. The smallest absolute Gasteiger partial charge is 0.309 e. The van der Waals surface area contributed by atoms with Crippen molar-refractivity contribution in [2.75, 3.05) is 30.3 Å². The number of rotatable bonds is 11. The molecular weight excluding hydrogens is 831 g/mol. The minimum atomic E-state index is -0.728. The first-order chi connectivity index (χ1) is 29.6. The van der Waals surface area contributed by atoms with Crippen LogP contribution in [-0.2, 0) is 49.6 Å². The fraction of sp³-hybridized carbons (Fsp3) is 0.522. The fourth-order valence-corrected chi connectivity index (χ4v) is 11.8. The highest BCUT2D eigenvalue weighted by molar-refractivity contribution is 6.40. The number of amides is 2. The van der Waals surface area contributed by atoms with Crippen molar-refractivity contribution in [3.05, 3.63) is 80.9 Å². The van der Waals surface area contributed by atoms with Crippen molar-refractivity contribution in [2.24, 2.45) is 30.3 Å². The maximum Gasteiger partial charge on any atom is 0.309 e. The molecule has 0 atom stereocenters. The van der Waals surface area contributed by atoms with E-state index in [2.05, 4.69) is 20.4 Å². The van der Waals surface area contributed by atoms with E-state index in [0.717, 1.165) is 107 Å². The molecule has 4 N–H and O–H groups in total. The Balaban J connectivity index is 0.849. The van der Waals surface area contributed by atoms with E-state index in [-0.39, 0.29) is 33.2 Å². The molecule has 3 fully saturated rings. The van der Waals surface area contributed by atoms with Crippen LogP contribution in [0.2, 0.25) is 10.0 Å². The van der Waals surface area contributed by atoms with Gasteiger partial charge in [-0.25, -0.2) is 9.97 Å². The third-order valence-corrected chi connectivity index (χ3v) is 16.1. The number of benzene rings is 2. The Morgan fingerprint density at radius 1 is 0.742 bits per heavy atom. The quantitative estimate of drug-likeness (QED) is 0.116. The molecule has 328 valence electrons. The summed E-state index contributed by atoms with van der Waals surface area (Å²) >= 11 is 14.0. The molecule has 9 rings (SSSR count). The molecule has 3 aliphatic carbocycles. The number of fused-ring (bicyclic) bond motifs is 4. The monoisotopic (exact) mass is 884 g/mol. The van der Waals surface area contributed by atoms with Gasteiger partial charge in [-0.1, -0.05) is 47.5 Å². The van der Waals surface area contributed by atoms with Crippen LogP contribution in [0.15, 0.2) is 36.4 Å². The van der Waals surface area contributed by atoms with E-state index in [1.165, 1.54) is 0 Å². The van der Waals surface area contributed by atoms with E-state index in [1.54, 1.807) is 24.3 Å². The Morgan fingerprint density at radius 2 is 1.27 bits per heavy atom. The van der Waals surface area contributed by atoms with Crippen LogP contribution in [-0.4, -0.2) is 88.5 Å². The number of hydrogen-bond acceptors (Lipinski definition) is 8. The molecule has 0 saturated heterocycles. The predicted molar refractivity (Wildman–Crippen MR) is 236 cm³/mol. The lowest BCUT2D eigenvalue weighted by Crippen LogP contribution is -2.44. The number of carbonyl (C=O) groups is 4. The van der Waals surface area contributed by atoms with E-state index in [1.807, 2.05) is 42.3 Å². The number of carboxylic acids is 2. The minimum absolute atomic E-state index is 0.122. The van der Waals surface area contributed by atoms with Crippen molar-refractivity contribution in [3.8, 4) is 11.1 Å². The molecule has 62 heavy (non-hydrogen) atoms. The van der Waals surface area contributed by atoms with Crippen molar-refractivity contribution >= 4 is 58.3 Å². The Bertz CT molecular complexity index is 2480. The van der Waals surface area contributed by atoms with Gasteiger partial charge < -0.3 is 30.0 Å². The Hall–Kier alpha value is -4.76. The summed E-state index contributed by atoms with van der Waals surface area (Å²) < 4.78 is 3.71. The second kappa shape index (κ2) is 16.1. The van der Waals surface area contributed by atoms with E-state index in [9.17, 15) is 29.4 Å². The first-order valence-electron chi connectivity index (χ1n) is 21.8. The number of anilines is 2. The summed E-state index contributed by atoms with van der Waals surface area (Å²) in [6, 6.07) is 10.9. The molecule has 4 heterocycles. The van der Waals surface area contributed by atoms with Crippen molar-refractivity contribution in [1.82, 2.24) is 28.9 Å². The van der Waals surface area contributed by atoms with Crippen molar-refractivity contribution in [3.63, 3.8) is 0 Å². The highest BCUT2D eigenvalue weighted by Gasteiger charge is 2.57. The number of aliphatic carboxylic acids is 2. The van der Waals surface area contributed by atoms with E-state index >= 15 is 0 Å². The summed E-state index contributed by atoms with van der Waals surface area (Å²) in [6.07, 6.45) is 9.74. The zero-order chi connectivity index (χ0) is 43.7. The predicted octanol–water partition coefficient (Wildman–Crippen LogP) is 7.81. The topological polar surface area (TPSA) is 175 Å². The molecule has 2 aliphatic heterocycles. The van der Waals surface area contributed by atoms with Gasteiger partial charge in [-0.2, -0.15) is 0 Å². The first-order valence-corrected chi connectivity index (χ1v) is 22.6. The number of nitrogens with zero attached hydrogens (tertiary/aromatic N) is 6. The van der Waals surface area contributed by atoms with Crippen LogP contribution in [0.3, 0.4) is 0 Å². The summed E-state index contributed by atoms with van der Waals surface area (Å²) in [5.41, 5.74) is 4.63. The van der Waals surface area contributed by atoms with Gasteiger partial charge in [-0.15, -0.1) is 0 Å². The molecular formula is C46H54Cl2N8O6. The number of nitrogens with one attached hydrogen (secondary N) is 2. The molecule has 4 aromatic rings. The second-order valence-corrected chi connectivity index (χ2v) is 19.6. The number of carbonyl (C=O) groups excluding carboxylic acids is 2. The van der Waals surface area contributed by atoms with E-state index in [0.29, 0.717) is 54.3 Å². The first kappa shape index (κ1) is 42.5. The fourth-order valence-electron chi connectivity index (χ4n) is 11.2. The van der Waals surface area contributed by atoms with Gasteiger partial charge in [0, 0.05) is 81.7 Å². The van der Waals surface area contributed by atoms with E-state index < -0.39 is 28.7 Å². The maximum absolute atomic E-state index is 13.8. The zero-order valence-electron chi connectivity index (χ0n) is 35.5. The van der Waals surface area contributed by atoms with Crippen LogP contribution in [0.1, 0.15) is 115 Å². The number of aromatic nitrogens is 4. The lowest BCUT2D eigenvalue weighted by atomic mass is 9.73. The summed E-state index contributed by atoms with van der Waals surface area (Å²) in [4.78, 5) is 65.7.